The number of unbranched alkanes of at least 4 members (excludes halogenated alkanes) is 22. The van der Waals surface area contributed by atoms with E-state index in [1.54, 1.807) is 0 Å². The van der Waals surface area contributed by atoms with Crippen LogP contribution in [0.25, 0.3) is 0 Å². The Morgan fingerprint density at radius 3 is 1.11 bits per heavy atom. The molecule has 0 unspecified atom stereocenters. The van der Waals surface area contributed by atoms with E-state index in [-0.39, 0.29) is 24.3 Å². The first-order chi connectivity index (χ1) is 22.5. The first-order valence-electron chi connectivity index (χ1n) is 19.8. The number of esters is 2. The monoisotopic (exact) mass is 684 g/mol. The number of allylic oxidation sites excluding steroid dienone is 4. The minimum absolute atomic E-state index is 0. The molecule has 0 saturated heterocycles. The zero-order valence-electron chi connectivity index (χ0n) is 31.6. The van der Waals surface area contributed by atoms with Crippen LogP contribution in [0.15, 0.2) is 24.3 Å². The zero-order valence-corrected chi connectivity index (χ0v) is 32.4. The largest absolute Gasteiger partial charge is 0.425 e. The molecule has 278 valence electrons. The number of ether oxygens (including phenoxy) is 2. The minimum atomic E-state index is -0.784. The molecule has 6 heteroatoms. The second-order valence-corrected chi connectivity index (χ2v) is 13.7. The SMILES string of the molecule is CCCCCCCC/C=C\CCCCCCCC(=O)OC(CCN(C)C)OC(=O)CCCCCCC/C=C\CCCCCCCC.Cl. The van der Waals surface area contributed by atoms with Gasteiger partial charge in [-0.3, -0.25) is 9.59 Å². The summed E-state index contributed by atoms with van der Waals surface area (Å²) in [6.07, 6.45) is 41.8. The van der Waals surface area contributed by atoms with Crippen molar-refractivity contribution < 1.29 is 19.1 Å². The molecule has 0 aliphatic heterocycles. The number of rotatable bonds is 35. The van der Waals surface area contributed by atoms with Gasteiger partial charge in [0.25, 0.3) is 0 Å². The first-order valence-corrected chi connectivity index (χ1v) is 19.8. The summed E-state index contributed by atoms with van der Waals surface area (Å²) in [5.74, 6) is -0.509. The van der Waals surface area contributed by atoms with Crippen LogP contribution < -0.4 is 0 Å². The topological polar surface area (TPSA) is 55.8 Å². The maximum absolute atomic E-state index is 12.5. The van der Waals surface area contributed by atoms with E-state index in [0.717, 1.165) is 51.4 Å². The van der Waals surface area contributed by atoms with Gasteiger partial charge in [-0.2, -0.15) is 0 Å². The van der Waals surface area contributed by atoms with Gasteiger partial charge >= 0.3 is 11.9 Å². The van der Waals surface area contributed by atoms with E-state index in [9.17, 15) is 9.59 Å². The van der Waals surface area contributed by atoms with E-state index in [4.69, 9.17) is 9.47 Å². The molecule has 0 saturated carbocycles. The van der Waals surface area contributed by atoms with Gasteiger partial charge in [0.05, 0.1) is 0 Å². The van der Waals surface area contributed by atoms with Crippen LogP contribution in [0.1, 0.15) is 200 Å². The summed E-state index contributed by atoms with van der Waals surface area (Å²) >= 11 is 0. The normalized spacial score (nSPS) is 11.6. The molecule has 0 spiro atoms. The molecule has 0 heterocycles. The molecule has 0 atom stereocenters. The van der Waals surface area contributed by atoms with Crippen LogP contribution in [0.5, 0.6) is 0 Å². The van der Waals surface area contributed by atoms with Gasteiger partial charge in [-0.25, -0.2) is 0 Å². The standard InChI is InChI=1S/C41H77NO4.ClH/c1-5-7-9-11-13-15-17-19-21-23-25-27-29-31-33-35-39(43)45-41(37-38-42(3)4)46-40(44)36-34-32-30-28-26-24-22-20-18-16-14-12-10-8-6-2;/h19-22,41H,5-18,23-38H2,1-4H3;1H/b21-19-,22-20-;. The fourth-order valence-electron chi connectivity index (χ4n) is 5.60. The lowest BCUT2D eigenvalue weighted by Crippen LogP contribution is -2.28. The van der Waals surface area contributed by atoms with Gasteiger partial charge < -0.3 is 14.4 Å². The summed E-state index contributed by atoms with van der Waals surface area (Å²) in [5, 5.41) is 0. The molecule has 5 nitrogen and oxygen atoms in total. The number of halogens is 1. The third kappa shape index (κ3) is 39.0. The Bertz CT molecular complexity index is 670. The van der Waals surface area contributed by atoms with E-state index < -0.39 is 6.29 Å². The lowest BCUT2D eigenvalue weighted by Gasteiger charge is -2.20. The Morgan fingerprint density at radius 1 is 0.489 bits per heavy atom. The molecule has 0 aromatic heterocycles. The lowest BCUT2D eigenvalue weighted by molar-refractivity contribution is -0.189. The molecule has 0 aromatic rings. The van der Waals surface area contributed by atoms with Crippen molar-refractivity contribution in [2.24, 2.45) is 0 Å². The minimum Gasteiger partial charge on any atom is -0.425 e. The molecular weight excluding hydrogens is 606 g/mol. The zero-order chi connectivity index (χ0) is 33.8. The van der Waals surface area contributed by atoms with E-state index in [0.29, 0.717) is 25.8 Å². The molecular formula is C41H78ClNO4. The highest BCUT2D eigenvalue weighted by Crippen LogP contribution is 2.14. The molecule has 0 fully saturated rings. The van der Waals surface area contributed by atoms with Crippen molar-refractivity contribution in [1.29, 1.82) is 0 Å². The Morgan fingerprint density at radius 2 is 0.787 bits per heavy atom. The number of hydrogen-bond acceptors (Lipinski definition) is 5. The smallest absolute Gasteiger partial charge is 0.308 e. The average Bonchev–Trinajstić information content (AvgIpc) is 3.03. The average molecular weight is 685 g/mol. The van der Waals surface area contributed by atoms with Crippen molar-refractivity contribution in [2.45, 2.75) is 206 Å². The Kier molecular flexibility index (Phi) is 39.8. The fraction of sp³-hybridized carbons (Fsp3) is 0.854. The van der Waals surface area contributed by atoms with E-state index in [1.165, 1.54) is 116 Å². The summed E-state index contributed by atoms with van der Waals surface area (Å²) in [4.78, 5) is 27.0. The lowest BCUT2D eigenvalue weighted by atomic mass is 10.1. The van der Waals surface area contributed by atoms with E-state index in [1.807, 2.05) is 19.0 Å². The van der Waals surface area contributed by atoms with Crippen LogP contribution in [0.4, 0.5) is 0 Å². The highest BCUT2D eigenvalue weighted by Gasteiger charge is 2.19. The highest BCUT2D eigenvalue weighted by molar-refractivity contribution is 5.85. The van der Waals surface area contributed by atoms with Crippen molar-refractivity contribution in [2.75, 3.05) is 20.6 Å². The van der Waals surface area contributed by atoms with Crippen LogP contribution >= 0.6 is 12.4 Å². The van der Waals surface area contributed by atoms with Gasteiger partial charge in [-0.1, -0.05) is 141 Å². The van der Waals surface area contributed by atoms with Crippen molar-refractivity contribution in [3.05, 3.63) is 24.3 Å². The first kappa shape index (κ1) is 47.8. The third-order valence-corrected chi connectivity index (χ3v) is 8.62. The second kappa shape index (κ2) is 39.1. The molecule has 0 N–H and O–H groups in total. The number of nitrogens with zero attached hydrogens (tertiary/aromatic N) is 1. The van der Waals surface area contributed by atoms with Gasteiger partial charge in [0.15, 0.2) is 0 Å². The van der Waals surface area contributed by atoms with Crippen molar-refractivity contribution in [1.82, 2.24) is 4.90 Å². The van der Waals surface area contributed by atoms with Gasteiger partial charge in [-0.15, -0.1) is 12.4 Å². The van der Waals surface area contributed by atoms with Gasteiger partial charge in [0.2, 0.25) is 6.29 Å². The molecule has 0 aromatic carbocycles. The molecule has 0 bridgehead atoms. The maximum atomic E-state index is 12.5. The number of carbonyl (C=O) groups is 2. The number of carbonyl (C=O) groups excluding carboxylic acids is 2. The molecule has 0 amide bonds. The Hall–Kier alpha value is -1.33. The van der Waals surface area contributed by atoms with Crippen LogP contribution in [0.3, 0.4) is 0 Å². The van der Waals surface area contributed by atoms with Crippen LogP contribution in [-0.4, -0.2) is 43.8 Å². The predicted octanol–water partition coefficient (Wildman–Crippen LogP) is 12.8. The Balaban J connectivity index is 0. The van der Waals surface area contributed by atoms with Crippen LogP contribution in [-0.2, 0) is 19.1 Å². The fourth-order valence-corrected chi connectivity index (χ4v) is 5.60. The summed E-state index contributed by atoms with van der Waals surface area (Å²) < 4.78 is 11.2. The van der Waals surface area contributed by atoms with Crippen molar-refractivity contribution in [3.63, 3.8) is 0 Å². The predicted molar refractivity (Wildman–Crippen MR) is 205 cm³/mol. The maximum Gasteiger partial charge on any atom is 0.308 e. The van der Waals surface area contributed by atoms with Gasteiger partial charge in [-0.05, 0) is 78.3 Å². The summed E-state index contributed by atoms with van der Waals surface area (Å²) in [7, 11) is 3.94. The molecule has 47 heavy (non-hydrogen) atoms. The molecule has 0 rings (SSSR count). The number of hydrogen-bond donors (Lipinski definition) is 0. The molecule has 0 aliphatic rings. The van der Waals surface area contributed by atoms with Gasteiger partial charge in [0, 0.05) is 25.8 Å². The van der Waals surface area contributed by atoms with Crippen LogP contribution in [0.2, 0.25) is 0 Å². The molecule has 0 radical (unpaired) electrons. The molecule has 0 aliphatic carbocycles. The summed E-state index contributed by atoms with van der Waals surface area (Å²) in [6.45, 7) is 5.23. The third-order valence-electron chi connectivity index (χ3n) is 8.62. The quantitative estimate of drug-likeness (QED) is 0.0288. The second-order valence-electron chi connectivity index (χ2n) is 13.7. The van der Waals surface area contributed by atoms with E-state index in [2.05, 4.69) is 38.2 Å². The van der Waals surface area contributed by atoms with Gasteiger partial charge in [0.1, 0.15) is 0 Å². The van der Waals surface area contributed by atoms with Crippen molar-refractivity contribution in [3.8, 4) is 0 Å². The Labute approximate surface area is 298 Å². The summed E-state index contributed by atoms with van der Waals surface area (Å²) in [6, 6.07) is 0. The van der Waals surface area contributed by atoms with Crippen LogP contribution in [0, 0.1) is 0 Å². The van der Waals surface area contributed by atoms with Crippen molar-refractivity contribution >= 4 is 24.3 Å². The highest BCUT2D eigenvalue weighted by atomic mass is 35.5. The van der Waals surface area contributed by atoms with E-state index >= 15 is 0 Å². The summed E-state index contributed by atoms with van der Waals surface area (Å²) in [5.41, 5.74) is 0.